The minimum Gasteiger partial charge on any atom is -0.396 e. The lowest BCUT2D eigenvalue weighted by Gasteiger charge is -2.14. The van der Waals surface area contributed by atoms with Crippen LogP contribution in [0.25, 0.3) is 0 Å². The second kappa shape index (κ2) is 8.42. The fraction of sp³-hybridized carbons (Fsp3) is 0.615. The Labute approximate surface area is 114 Å². The molecule has 6 nitrogen and oxygen atoms in total. The van der Waals surface area contributed by atoms with Crippen LogP contribution in [0.1, 0.15) is 45.1 Å². The molecule has 0 fully saturated rings. The van der Waals surface area contributed by atoms with Crippen LogP contribution in [0.2, 0.25) is 0 Å². The smallest absolute Gasteiger partial charge is 0.224 e. The molecular formula is C13H23N5O. The molecule has 1 unspecified atom stereocenters. The minimum atomic E-state index is 0.148. The number of H-pyrrole nitrogens is 1. The Bertz CT molecular complexity index is 417. The van der Waals surface area contributed by atoms with Crippen LogP contribution >= 0.6 is 0 Å². The van der Waals surface area contributed by atoms with Gasteiger partial charge in [-0.15, -0.1) is 0 Å². The van der Waals surface area contributed by atoms with Crippen LogP contribution in [0.3, 0.4) is 0 Å². The average Bonchev–Trinajstić information content (AvgIpc) is 2.50. The number of aromatic nitrogens is 4. The van der Waals surface area contributed by atoms with Crippen molar-refractivity contribution in [1.82, 2.24) is 20.2 Å². The van der Waals surface area contributed by atoms with Crippen molar-refractivity contribution in [3.63, 3.8) is 0 Å². The highest BCUT2D eigenvalue weighted by Gasteiger charge is 2.06. The molecule has 0 amide bonds. The molecule has 0 aliphatic carbocycles. The van der Waals surface area contributed by atoms with Crippen molar-refractivity contribution in [2.45, 2.75) is 45.6 Å². The van der Waals surface area contributed by atoms with Crippen LogP contribution in [0.15, 0.2) is 18.7 Å². The summed E-state index contributed by atoms with van der Waals surface area (Å²) in [5, 5.41) is 19.0. The third-order valence-corrected chi connectivity index (χ3v) is 2.85. The number of nitrogens with one attached hydrogen (secondary N) is 2. The van der Waals surface area contributed by atoms with Gasteiger partial charge in [0, 0.05) is 25.0 Å². The first-order chi connectivity index (χ1) is 9.17. The number of nitrogens with zero attached hydrogens (tertiary/aromatic N) is 3. The predicted molar refractivity (Wildman–Crippen MR) is 75.3 cm³/mol. The van der Waals surface area contributed by atoms with Crippen LogP contribution < -0.4 is 5.32 Å². The number of hydrogen-bond acceptors (Lipinski definition) is 5. The highest BCUT2D eigenvalue weighted by Crippen LogP contribution is 2.10. The van der Waals surface area contributed by atoms with E-state index in [0.29, 0.717) is 18.3 Å². The maximum Gasteiger partial charge on any atom is 0.224 e. The summed E-state index contributed by atoms with van der Waals surface area (Å²) in [6.07, 6.45) is 6.59. The summed E-state index contributed by atoms with van der Waals surface area (Å²) < 4.78 is 0. The van der Waals surface area contributed by atoms with Crippen LogP contribution in [0.4, 0.5) is 5.95 Å². The molecule has 106 valence electrons. The zero-order valence-electron chi connectivity index (χ0n) is 11.8. The molecule has 0 aliphatic rings. The van der Waals surface area contributed by atoms with E-state index in [-0.39, 0.29) is 12.6 Å². The van der Waals surface area contributed by atoms with E-state index < -0.39 is 0 Å². The second-order valence-electron chi connectivity index (χ2n) is 4.65. The van der Waals surface area contributed by atoms with Gasteiger partial charge in [-0.25, -0.2) is 4.98 Å². The van der Waals surface area contributed by atoms with Crippen molar-refractivity contribution in [1.29, 1.82) is 0 Å². The molecule has 0 aliphatic heterocycles. The van der Waals surface area contributed by atoms with Gasteiger partial charge in [0.2, 0.25) is 5.95 Å². The van der Waals surface area contributed by atoms with E-state index in [1.165, 1.54) is 6.33 Å². The highest BCUT2D eigenvalue weighted by atomic mass is 16.3. The molecule has 0 bridgehead atoms. The molecule has 6 heteroatoms. The van der Waals surface area contributed by atoms with E-state index in [9.17, 15) is 0 Å². The van der Waals surface area contributed by atoms with Crippen molar-refractivity contribution in [2.75, 3.05) is 11.9 Å². The average molecular weight is 265 g/mol. The molecule has 0 spiro atoms. The summed E-state index contributed by atoms with van der Waals surface area (Å²) in [6, 6.07) is 0.162. The van der Waals surface area contributed by atoms with E-state index in [0.717, 1.165) is 12.0 Å². The second-order valence-corrected chi connectivity index (χ2v) is 4.65. The van der Waals surface area contributed by atoms with Gasteiger partial charge in [-0.2, -0.15) is 10.1 Å². The van der Waals surface area contributed by atoms with E-state index >= 15 is 0 Å². The number of aliphatic hydroxyl groups is 1. The quantitative estimate of drug-likeness (QED) is 0.732. The van der Waals surface area contributed by atoms with Gasteiger partial charge in [0.1, 0.15) is 6.33 Å². The van der Waals surface area contributed by atoms with E-state index in [1.807, 2.05) is 6.20 Å². The molecule has 0 radical (unpaired) electrons. The number of aliphatic hydroxyl groups excluding tert-OH is 1. The number of aromatic amines is 1. The van der Waals surface area contributed by atoms with Crippen LogP contribution in [0, 0.1) is 0 Å². The predicted octanol–water partition coefficient (Wildman–Crippen LogP) is 2.02. The molecule has 1 aromatic rings. The van der Waals surface area contributed by atoms with Gasteiger partial charge in [-0.1, -0.05) is 20.8 Å². The molecule has 19 heavy (non-hydrogen) atoms. The van der Waals surface area contributed by atoms with E-state index in [2.05, 4.69) is 46.3 Å². The van der Waals surface area contributed by atoms with Gasteiger partial charge in [-0.05, 0) is 24.3 Å². The van der Waals surface area contributed by atoms with E-state index in [4.69, 9.17) is 5.11 Å². The topological polar surface area (TPSA) is 86.7 Å². The summed E-state index contributed by atoms with van der Waals surface area (Å²) >= 11 is 0. The first kappa shape index (κ1) is 15.4. The Balaban J connectivity index is 2.97. The fourth-order valence-corrected chi connectivity index (χ4v) is 1.54. The molecule has 1 atom stereocenters. The fourth-order valence-electron chi connectivity index (χ4n) is 1.54. The largest absolute Gasteiger partial charge is 0.396 e. The summed E-state index contributed by atoms with van der Waals surface area (Å²) in [6.45, 7) is 6.38. The zero-order chi connectivity index (χ0) is 14.1. The number of hydrogen-bond donors (Lipinski definition) is 3. The van der Waals surface area contributed by atoms with Gasteiger partial charge in [0.25, 0.3) is 0 Å². The molecule has 1 heterocycles. The lowest BCUT2D eigenvalue weighted by atomic mass is 10.1. The van der Waals surface area contributed by atoms with Crippen LogP contribution in [-0.2, 0) is 0 Å². The molecule has 3 N–H and O–H groups in total. The zero-order valence-corrected chi connectivity index (χ0v) is 11.8. The SMILES string of the molecule is CCC(CCO)Nc1ncn[nH]cc(C(C)C)cn1. The monoisotopic (exact) mass is 265 g/mol. The highest BCUT2D eigenvalue weighted by molar-refractivity contribution is 5.23. The first-order valence-corrected chi connectivity index (χ1v) is 6.63. The van der Waals surface area contributed by atoms with Crippen molar-refractivity contribution >= 4 is 5.95 Å². The summed E-state index contributed by atoms with van der Waals surface area (Å²) in [4.78, 5) is 8.49. The van der Waals surface area contributed by atoms with Gasteiger partial charge in [0.05, 0.1) is 0 Å². The Kier molecular flexibility index (Phi) is 6.81. The first-order valence-electron chi connectivity index (χ1n) is 6.63. The van der Waals surface area contributed by atoms with Crippen molar-refractivity contribution in [3.8, 4) is 0 Å². The molecular weight excluding hydrogens is 242 g/mol. The third-order valence-electron chi connectivity index (χ3n) is 2.85. The maximum absolute atomic E-state index is 8.99. The van der Waals surface area contributed by atoms with Crippen LogP contribution in [-0.4, -0.2) is 37.9 Å². The Hall–Kier alpha value is -1.69. The molecule has 1 rings (SSSR count). The molecule has 0 aromatic carbocycles. The normalized spacial score (nSPS) is 12.1. The lowest BCUT2D eigenvalue weighted by molar-refractivity contribution is 0.278. The van der Waals surface area contributed by atoms with Gasteiger partial charge >= 0.3 is 0 Å². The molecule has 0 saturated heterocycles. The number of rotatable bonds is 6. The third kappa shape index (κ3) is 5.65. The van der Waals surface area contributed by atoms with Crippen molar-refractivity contribution in [3.05, 3.63) is 24.3 Å². The Morgan fingerprint density at radius 3 is 2.79 bits per heavy atom. The lowest BCUT2D eigenvalue weighted by Crippen LogP contribution is -2.20. The van der Waals surface area contributed by atoms with Gasteiger partial charge in [0.15, 0.2) is 0 Å². The molecule has 1 aromatic heterocycles. The van der Waals surface area contributed by atoms with Gasteiger partial charge < -0.3 is 10.4 Å². The van der Waals surface area contributed by atoms with E-state index in [1.54, 1.807) is 6.20 Å². The summed E-state index contributed by atoms with van der Waals surface area (Å²) in [7, 11) is 0. The number of anilines is 1. The Morgan fingerprint density at radius 1 is 1.37 bits per heavy atom. The van der Waals surface area contributed by atoms with Crippen molar-refractivity contribution < 1.29 is 5.11 Å². The summed E-state index contributed by atoms with van der Waals surface area (Å²) in [5.74, 6) is 0.865. The summed E-state index contributed by atoms with van der Waals surface area (Å²) in [5.41, 5.74) is 1.05. The minimum absolute atomic E-state index is 0.148. The standard InChI is InChI=1S/C13H23N5O/c1-4-12(5-6-19)18-13-14-7-11(10(2)3)8-16-17-9-15-13/h7-10,12,16,19H,4-6H2,1-3H3,(H,15,17,18). The maximum atomic E-state index is 8.99. The van der Waals surface area contributed by atoms with Gasteiger partial charge in [-0.3, -0.25) is 5.10 Å². The van der Waals surface area contributed by atoms with Crippen LogP contribution in [0.5, 0.6) is 0 Å². The molecule has 0 saturated carbocycles. The Morgan fingerprint density at radius 2 is 2.16 bits per heavy atom. The van der Waals surface area contributed by atoms with Crippen molar-refractivity contribution in [2.24, 2.45) is 0 Å².